The summed E-state index contributed by atoms with van der Waals surface area (Å²) in [7, 11) is 0. The van der Waals surface area contributed by atoms with Crippen molar-refractivity contribution < 1.29 is 20.0 Å². The molecule has 0 aliphatic heterocycles. The molecule has 0 saturated heterocycles. The molecule has 2 N–H and O–H groups in total. The second-order valence-electron chi connectivity index (χ2n) is 3.50. The number of carbonyl (C=O) groups excluding carboxylic acids is 1. The molecule has 0 atom stereocenters. The van der Waals surface area contributed by atoms with Gasteiger partial charge in [0.25, 0.3) is 5.91 Å². The Kier molecular flexibility index (Phi) is 3.80. The summed E-state index contributed by atoms with van der Waals surface area (Å²) >= 11 is 0. The van der Waals surface area contributed by atoms with Crippen LogP contribution in [0.1, 0.15) is 15.9 Å². The van der Waals surface area contributed by atoms with Crippen LogP contribution in [0.3, 0.4) is 0 Å². The van der Waals surface area contributed by atoms with Gasteiger partial charge in [-0.05, 0) is 17.7 Å². The maximum atomic E-state index is 11.9. The highest BCUT2D eigenvalue weighted by molar-refractivity contribution is 5.95. The summed E-state index contributed by atoms with van der Waals surface area (Å²) in [6.45, 7) is -0.00739. The van der Waals surface area contributed by atoms with E-state index in [0.717, 1.165) is 0 Å². The minimum Gasteiger partial charge on any atom is -0.272 e. The van der Waals surface area contributed by atoms with Crippen molar-refractivity contribution in [1.82, 2.24) is 14.9 Å². The molecular formula is C11H11N3O4. The van der Waals surface area contributed by atoms with Crippen LogP contribution in [-0.2, 0) is 11.4 Å². The van der Waals surface area contributed by atoms with E-state index in [1.54, 1.807) is 30.5 Å². The lowest BCUT2D eigenvalue weighted by molar-refractivity contribution is -0.497. The summed E-state index contributed by atoms with van der Waals surface area (Å²) in [6.07, 6.45) is 4.51. The molecule has 0 bridgehead atoms. The number of hydrogen-bond donors (Lipinski definition) is 2. The molecule has 0 amide bonds. The monoisotopic (exact) mass is 249 g/mol. The van der Waals surface area contributed by atoms with E-state index in [0.29, 0.717) is 11.1 Å². The minimum absolute atomic E-state index is 0.00739. The van der Waals surface area contributed by atoms with Crippen LogP contribution in [0.4, 0.5) is 0 Å². The van der Waals surface area contributed by atoms with Gasteiger partial charge in [-0.1, -0.05) is 12.1 Å². The SMILES string of the molecule is O=C(c1ccc(CON(O)O)cc1)n1ccnc1. The van der Waals surface area contributed by atoms with Gasteiger partial charge in [-0.2, -0.15) is 0 Å². The molecule has 2 rings (SSSR count). The fourth-order valence-electron chi connectivity index (χ4n) is 1.40. The average Bonchev–Trinajstić information content (AvgIpc) is 2.90. The molecule has 2 aromatic rings. The third-order valence-corrected chi connectivity index (χ3v) is 2.29. The lowest BCUT2D eigenvalue weighted by Gasteiger charge is -2.07. The number of benzene rings is 1. The number of carbonyl (C=O) groups is 1. The molecule has 1 aromatic carbocycles. The predicted molar refractivity (Wildman–Crippen MR) is 58.6 cm³/mol. The Bertz CT molecular complexity index is 508. The van der Waals surface area contributed by atoms with Gasteiger partial charge < -0.3 is 0 Å². The fraction of sp³-hybridized carbons (Fsp3) is 0.0909. The second kappa shape index (κ2) is 5.52. The lowest BCUT2D eigenvalue weighted by Crippen LogP contribution is -2.14. The molecule has 1 aromatic heterocycles. The molecule has 0 aliphatic carbocycles. The van der Waals surface area contributed by atoms with Crippen molar-refractivity contribution in [1.29, 1.82) is 0 Å². The molecule has 0 spiro atoms. The average molecular weight is 249 g/mol. The molecule has 94 valence electrons. The van der Waals surface area contributed by atoms with Crippen molar-refractivity contribution in [2.75, 3.05) is 0 Å². The van der Waals surface area contributed by atoms with Crippen molar-refractivity contribution in [3.63, 3.8) is 0 Å². The summed E-state index contributed by atoms with van der Waals surface area (Å²) < 4.78 is 1.37. The van der Waals surface area contributed by atoms with E-state index in [2.05, 4.69) is 9.82 Å². The lowest BCUT2D eigenvalue weighted by atomic mass is 10.1. The Balaban J connectivity index is 2.06. The smallest absolute Gasteiger partial charge is 0.263 e. The maximum Gasteiger partial charge on any atom is 0.263 e. The maximum absolute atomic E-state index is 11.9. The van der Waals surface area contributed by atoms with Gasteiger partial charge in [0, 0.05) is 18.0 Å². The van der Waals surface area contributed by atoms with Crippen LogP contribution in [-0.4, -0.2) is 31.3 Å². The van der Waals surface area contributed by atoms with Crippen molar-refractivity contribution >= 4 is 5.91 Å². The van der Waals surface area contributed by atoms with E-state index < -0.39 is 0 Å². The highest BCUT2D eigenvalue weighted by Gasteiger charge is 2.07. The third-order valence-electron chi connectivity index (χ3n) is 2.29. The van der Waals surface area contributed by atoms with Gasteiger partial charge in [-0.3, -0.25) is 19.8 Å². The summed E-state index contributed by atoms with van der Waals surface area (Å²) in [5.74, 6) is -0.189. The van der Waals surface area contributed by atoms with Crippen LogP contribution in [0.5, 0.6) is 0 Å². The summed E-state index contributed by atoms with van der Waals surface area (Å²) in [5, 5.41) is 16.4. The number of nitrogens with zero attached hydrogens (tertiary/aromatic N) is 3. The van der Waals surface area contributed by atoms with E-state index in [9.17, 15) is 4.79 Å². The fourth-order valence-corrected chi connectivity index (χ4v) is 1.40. The van der Waals surface area contributed by atoms with Gasteiger partial charge in [0.05, 0.1) is 12.0 Å². The van der Waals surface area contributed by atoms with E-state index in [-0.39, 0.29) is 17.9 Å². The number of hydrogen-bond acceptors (Lipinski definition) is 6. The van der Waals surface area contributed by atoms with Crippen LogP contribution in [0, 0.1) is 0 Å². The Morgan fingerprint density at radius 2 is 2.06 bits per heavy atom. The van der Waals surface area contributed by atoms with Crippen LogP contribution < -0.4 is 0 Å². The molecule has 0 unspecified atom stereocenters. The number of aromatic nitrogens is 2. The van der Waals surface area contributed by atoms with E-state index >= 15 is 0 Å². The Morgan fingerprint density at radius 1 is 1.33 bits per heavy atom. The predicted octanol–water partition coefficient (Wildman–Crippen LogP) is 1.08. The minimum atomic E-state index is -0.357. The molecule has 1 heterocycles. The zero-order valence-electron chi connectivity index (χ0n) is 9.30. The summed E-state index contributed by atoms with van der Waals surface area (Å²) in [6, 6.07) is 6.57. The van der Waals surface area contributed by atoms with Crippen LogP contribution >= 0.6 is 0 Å². The van der Waals surface area contributed by atoms with E-state index in [1.165, 1.54) is 17.1 Å². The molecule has 0 saturated carbocycles. The molecular weight excluding hydrogens is 238 g/mol. The Morgan fingerprint density at radius 3 is 2.61 bits per heavy atom. The number of rotatable bonds is 4. The third kappa shape index (κ3) is 2.99. The van der Waals surface area contributed by atoms with Crippen molar-refractivity contribution in [3.05, 3.63) is 54.1 Å². The first kappa shape index (κ1) is 12.4. The van der Waals surface area contributed by atoms with Crippen LogP contribution in [0.25, 0.3) is 0 Å². The normalized spacial score (nSPS) is 10.8. The topological polar surface area (TPSA) is 87.8 Å². The first-order valence-corrected chi connectivity index (χ1v) is 5.09. The van der Waals surface area contributed by atoms with E-state index in [4.69, 9.17) is 10.4 Å². The molecule has 0 radical (unpaired) electrons. The molecule has 18 heavy (non-hydrogen) atoms. The molecule has 0 fully saturated rings. The standard InChI is InChI=1S/C11H11N3O4/c15-11(13-6-5-12-8-13)10-3-1-9(2-4-10)7-18-14(16)17/h1-6,8,16-17H,7H2. The van der Waals surface area contributed by atoms with Gasteiger partial charge in [-0.15, -0.1) is 0 Å². The first-order valence-electron chi connectivity index (χ1n) is 5.09. The summed E-state index contributed by atoms with van der Waals surface area (Å²) in [5.41, 5.74) is 1.20. The zero-order chi connectivity index (χ0) is 13.0. The van der Waals surface area contributed by atoms with Gasteiger partial charge in [-0.25, -0.2) is 9.82 Å². The van der Waals surface area contributed by atoms with Crippen molar-refractivity contribution in [2.24, 2.45) is 0 Å². The van der Waals surface area contributed by atoms with Gasteiger partial charge in [0.2, 0.25) is 0 Å². The zero-order valence-corrected chi connectivity index (χ0v) is 9.30. The Hall–Kier alpha value is -2.06. The van der Waals surface area contributed by atoms with Crippen LogP contribution in [0.2, 0.25) is 0 Å². The van der Waals surface area contributed by atoms with Gasteiger partial charge >= 0.3 is 0 Å². The Labute approximate surface area is 102 Å². The molecule has 7 nitrogen and oxygen atoms in total. The highest BCUT2D eigenvalue weighted by Crippen LogP contribution is 2.08. The van der Waals surface area contributed by atoms with Gasteiger partial charge in [0.1, 0.15) is 6.33 Å². The van der Waals surface area contributed by atoms with Crippen molar-refractivity contribution in [2.45, 2.75) is 6.61 Å². The van der Waals surface area contributed by atoms with Crippen LogP contribution in [0.15, 0.2) is 43.0 Å². The first-order chi connectivity index (χ1) is 8.66. The van der Waals surface area contributed by atoms with Crippen molar-refractivity contribution in [3.8, 4) is 0 Å². The largest absolute Gasteiger partial charge is 0.272 e. The van der Waals surface area contributed by atoms with Gasteiger partial charge in [0.15, 0.2) is 0 Å². The highest BCUT2D eigenvalue weighted by atomic mass is 17.1. The van der Waals surface area contributed by atoms with E-state index in [1.807, 2.05) is 0 Å². The quantitative estimate of drug-likeness (QED) is 0.788. The number of imidazole rings is 1. The molecule has 0 aliphatic rings. The molecule has 7 heteroatoms. The summed E-state index contributed by atoms with van der Waals surface area (Å²) in [4.78, 5) is 20.1. The second-order valence-corrected chi connectivity index (χ2v) is 3.50.